The van der Waals surface area contributed by atoms with E-state index in [4.69, 9.17) is 14.9 Å². The molecule has 9 nitrogen and oxygen atoms in total. The van der Waals surface area contributed by atoms with E-state index in [-0.39, 0.29) is 26.4 Å². The number of amides is 1. The summed E-state index contributed by atoms with van der Waals surface area (Å²) in [4.78, 5) is 11.0. The molecule has 3 N–H and O–H groups in total. The van der Waals surface area contributed by atoms with E-state index < -0.39 is 6.09 Å². The molecule has 1 amide bonds. The van der Waals surface area contributed by atoms with Crippen molar-refractivity contribution in [3.63, 3.8) is 0 Å². The molecule has 0 saturated carbocycles. The molecule has 0 radical (unpaired) electrons. The molecule has 0 aliphatic rings. The van der Waals surface area contributed by atoms with Crippen LogP contribution in [0.25, 0.3) is 0 Å². The number of nitrogens with zero attached hydrogens (tertiary/aromatic N) is 4. The standard InChI is InChI=1S/C9H15N5O4/c15-4-1-7-11-13-8(14-12-7)2-6-18-9(17)10-3-5-16/h15-16H,1-6H2,(H,10,17). The van der Waals surface area contributed by atoms with Crippen LogP contribution in [0.3, 0.4) is 0 Å². The van der Waals surface area contributed by atoms with Crippen LogP contribution >= 0.6 is 0 Å². The van der Waals surface area contributed by atoms with Gasteiger partial charge in [0, 0.05) is 19.4 Å². The molecule has 1 rings (SSSR count). The fourth-order valence-electron chi connectivity index (χ4n) is 1.01. The van der Waals surface area contributed by atoms with Crippen LogP contribution in [0.5, 0.6) is 0 Å². The van der Waals surface area contributed by atoms with Crippen molar-refractivity contribution >= 4 is 6.09 Å². The van der Waals surface area contributed by atoms with Gasteiger partial charge in [0.25, 0.3) is 0 Å². The van der Waals surface area contributed by atoms with Gasteiger partial charge >= 0.3 is 6.09 Å². The number of aromatic nitrogens is 4. The number of alkyl carbamates (subject to hydrolysis) is 1. The van der Waals surface area contributed by atoms with Crippen molar-refractivity contribution in [2.75, 3.05) is 26.4 Å². The first-order chi connectivity index (χ1) is 8.76. The molecule has 100 valence electrons. The van der Waals surface area contributed by atoms with E-state index in [0.717, 1.165) is 0 Å². The lowest BCUT2D eigenvalue weighted by Crippen LogP contribution is -2.27. The molecule has 1 aromatic rings. The van der Waals surface area contributed by atoms with Crippen LogP contribution in [0.4, 0.5) is 4.79 Å². The number of hydrogen-bond acceptors (Lipinski definition) is 8. The SMILES string of the molecule is O=C(NCCO)OCCc1nnc(CCO)nn1. The summed E-state index contributed by atoms with van der Waals surface area (Å²) in [6, 6.07) is 0. The second kappa shape index (κ2) is 8.25. The summed E-state index contributed by atoms with van der Waals surface area (Å²) in [5.41, 5.74) is 0. The van der Waals surface area contributed by atoms with E-state index in [2.05, 4.69) is 25.7 Å². The quantitative estimate of drug-likeness (QED) is 0.514. The van der Waals surface area contributed by atoms with Crippen molar-refractivity contribution < 1.29 is 19.7 Å². The van der Waals surface area contributed by atoms with Crippen LogP contribution in [0.15, 0.2) is 0 Å². The lowest BCUT2D eigenvalue weighted by molar-refractivity contribution is 0.144. The van der Waals surface area contributed by atoms with E-state index in [1.807, 2.05) is 0 Å². The first-order valence-electron chi connectivity index (χ1n) is 5.43. The zero-order valence-electron chi connectivity index (χ0n) is 9.74. The zero-order chi connectivity index (χ0) is 13.2. The highest BCUT2D eigenvalue weighted by molar-refractivity contribution is 5.66. The van der Waals surface area contributed by atoms with Gasteiger partial charge in [0.15, 0.2) is 11.6 Å². The van der Waals surface area contributed by atoms with Crippen molar-refractivity contribution in [3.05, 3.63) is 11.6 Å². The first-order valence-corrected chi connectivity index (χ1v) is 5.43. The second-order valence-corrected chi connectivity index (χ2v) is 3.24. The molecule has 9 heteroatoms. The van der Waals surface area contributed by atoms with E-state index in [1.54, 1.807) is 0 Å². The van der Waals surface area contributed by atoms with Crippen LogP contribution in [0, 0.1) is 0 Å². The van der Waals surface area contributed by atoms with Crippen LogP contribution in [-0.4, -0.2) is 63.1 Å². The zero-order valence-corrected chi connectivity index (χ0v) is 9.74. The number of aliphatic hydroxyl groups excluding tert-OH is 2. The summed E-state index contributed by atoms with van der Waals surface area (Å²) < 4.78 is 4.79. The Morgan fingerprint density at radius 1 is 1.06 bits per heavy atom. The molecule has 0 bridgehead atoms. The van der Waals surface area contributed by atoms with Gasteiger partial charge in [-0.1, -0.05) is 0 Å². The lowest BCUT2D eigenvalue weighted by atomic mass is 10.4. The Labute approximate surface area is 103 Å². The molecule has 0 saturated heterocycles. The van der Waals surface area contributed by atoms with Crippen molar-refractivity contribution in [1.29, 1.82) is 0 Å². The topological polar surface area (TPSA) is 130 Å². The predicted molar refractivity (Wildman–Crippen MR) is 58.6 cm³/mol. The van der Waals surface area contributed by atoms with Gasteiger partial charge in [0.2, 0.25) is 0 Å². The van der Waals surface area contributed by atoms with Crippen LogP contribution < -0.4 is 5.32 Å². The highest BCUT2D eigenvalue weighted by atomic mass is 16.5. The minimum Gasteiger partial charge on any atom is -0.449 e. The van der Waals surface area contributed by atoms with E-state index >= 15 is 0 Å². The Morgan fingerprint density at radius 2 is 1.67 bits per heavy atom. The van der Waals surface area contributed by atoms with Crippen LogP contribution in [0.1, 0.15) is 11.6 Å². The summed E-state index contributed by atoms with van der Waals surface area (Å²) in [7, 11) is 0. The van der Waals surface area contributed by atoms with Gasteiger partial charge in [-0.05, 0) is 0 Å². The highest BCUT2D eigenvalue weighted by Gasteiger charge is 2.04. The number of ether oxygens (including phenoxy) is 1. The van der Waals surface area contributed by atoms with Gasteiger partial charge < -0.3 is 20.3 Å². The van der Waals surface area contributed by atoms with Crippen molar-refractivity contribution in [2.24, 2.45) is 0 Å². The minimum atomic E-state index is -0.609. The Bertz CT molecular complexity index is 358. The third-order valence-electron chi connectivity index (χ3n) is 1.84. The van der Waals surface area contributed by atoms with Crippen molar-refractivity contribution in [2.45, 2.75) is 12.8 Å². The number of aliphatic hydroxyl groups is 2. The molecule has 0 fully saturated rings. The minimum absolute atomic E-state index is 0.0587. The molecule has 18 heavy (non-hydrogen) atoms. The summed E-state index contributed by atoms with van der Waals surface area (Å²) in [5.74, 6) is 0.717. The van der Waals surface area contributed by atoms with Gasteiger partial charge in [0.05, 0.1) is 13.2 Å². The average Bonchev–Trinajstić information content (AvgIpc) is 2.39. The maximum Gasteiger partial charge on any atom is 0.407 e. The van der Waals surface area contributed by atoms with Gasteiger partial charge in [-0.3, -0.25) is 0 Å². The summed E-state index contributed by atoms with van der Waals surface area (Å²) >= 11 is 0. The molecule has 0 aromatic carbocycles. The molecular formula is C9H15N5O4. The molecule has 0 atom stereocenters. The van der Waals surface area contributed by atoms with E-state index in [9.17, 15) is 4.79 Å². The highest BCUT2D eigenvalue weighted by Crippen LogP contribution is 1.91. The number of carbonyl (C=O) groups excluding carboxylic acids is 1. The van der Waals surface area contributed by atoms with Crippen molar-refractivity contribution in [1.82, 2.24) is 25.7 Å². The molecule has 1 aromatic heterocycles. The van der Waals surface area contributed by atoms with Gasteiger partial charge in [0.1, 0.15) is 6.61 Å². The molecular weight excluding hydrogens is 242 g/mol. The van der Waals surface area contributed by atoms with E-state index in [1.165, 1.54) is 0 Å². The number of nitrogens with one attached hydrogen (secondary N) is 1. The molecule has 0 spiro atoms. The molecule has 0 aliphatic heterocycles. The molecule has 0 aliphatic carbocycles. The van der Waals surface area contributed by atoms with Gasteiger partial charge in [-0.25, -0.2) is 4.79 Å². The fourth-order valence-corrected chi connectivity index (χ4v) is 1.01. The Balaban J connectivity index is 2.24. The Kier molecular flexibility index (Phi) is 6.51. The lowest BCUT2D eigenvalue weighted by Gasteiger charge is -2.04. The number of hydrogen-bond donors (Lipinski definition) is 3. The second-order valence-electron chi connectivity index (χ2n) is 3.24. The normalized spacial score (nSPS) is 10.1. The van der Waals surface area contributed by atoms with Crippen LogP contribution in [-0.2, 0) is 17.6 Å². The van der Waals surface area contributed by atoms with Gasteiger partial charge in [-0.2, -0.15) is 0 Å². The predicted octanol–water partition coefficient (Wildman–Crippen LogP) is -1.94. The monoisotopic (exact) mass is 257 g/mol. The largest absolute Gasteiger partial charge is 0.449 e. The van der Waals surface area contributed by atoms with Gasteiger partial charge in [-0.15, -0.1) is 20.4 Å². The summed E-state index contributed by atoms with van der Waals surface area (Å²) in [6.07, 6.45) is -0.00591. The number of carbonyl (C=O) groups is 1. The van der Waals surface area contributed by atoms with Crippen LogP contribution in [0.2, 0.25) is 0 Å². The molecule has 1 heterocycles. The van der Waals surface area contributed by atoms with Crippen molar-refractivity contribution in [3.8, 4) is 0 Å². The maximum absolute atomic E-state index is 11.0. The summed E-state index contributed by atoms with van der Waals surface area (Å²) in [5, 5.41) is 34.5. The average molecular weight is 257 g/mol. The third-order valence-corrected chi connectivity index (χ3v) is 1.84. The summed E-state index contributed by atoms with van der Waals surface area (Å²) in [6.45, 7) is 0.0451. The first kappa shape index (κ1) is 14.2. The number of rotatable bonds is 7. The Morgan fingerprint density at radius 3 is 2.22 bits per heavy atom. The third kappa shape index (κ3) is 5.46. The fraction of sp³-hybridized carbons (Fsp3) is 0.667. The van der Waals surface area contributed by atoms with E-state index in [0.29, 0.717) is 24.5 Å². The smallest absolute Gasteiger partial charge is 0.407 e. The Hall–Kier alpha value is -1.87. The molecule has 0 unspecified atom stereocenters. The maximum atomic E-state index is 11.0.